The van der Waals surface area contributed by atoms with Crippen LogP contribution in [0.1, 0.15) is 0 Å². The maximum atomic E-state index is 13.5. The van der Waals surface area contributed by atoms with Crippen LogP contribution in [0, 0.1) is 0 Å². The molecule has 0 aliphatic carbocycles. The minimum atomic E-state index is -6.95. The fourth-order valence-corrected chi connectivity index (χ4v) is 16.3. The Labute approximate surface area is 684 Å². The van der Waals surface area contributed by atoms with Crippen LogP contribution in [-0.2, 0) is 260 Å². The Kier molecular flexibility index (Phi) is 37.7. The van der Waals surface area contributed by atoms with E-state index in [1.54, 1.807) is 0 Å². The molecule has 0 radical (unpaired) electrons. The quantitative estimate of drug-likeness (QED) is 0.0136. The lowest BCUT2D eigenvalue weighted by Gasteiger charge is -2.52. The van der Waals surface area contributed by atoms with Gasteiger partial charge in [0, 0.05) is 61.0 Å². The van der Waals surface area contributed by atoms with Crippen LogP contribution in [0.15, 0.2) is 0 Å². The van der Waals surface area contributed by atoms with Gasteiger partial charge in [0.2, 0.25) is 104 Å². The van der Waals surface area contributed by atoms with Crippen molar-refractivity contribution in [1.82, 2.24) is 0 Å². The van der Waals surface area contributed by atoms with Crippen LogP contribution in [-0.4, -0.2) is 401 Å². The van der Waals surface area contributed by atoms with Crippen LogP contribution in [0.3, 0.4) is 0 Å². The summed E-state index contributed by atoms with van der Waals surface area (Å²) in [5.41, 5.74) is 0. The fraction of sp³-hybridized carbons (Fsp3) is 0.930. The third-order valence-corrected chi connectivity index (χ3v) is 20.7. The van der Waals surface area contributed by atoms with Crippen LogP contribution >= 0.6 is 12.0 Å². The van der Waals surface area contributed by atoms with Gasteiger partial charge in [-0.1, -0.05) is 0 Å². The molecule has 0 aromatic carbocycles. The molecule has 78 heteroatoms. The molecule has 6 aliphatic rings. The van der Waals surface area contributed by atoms with Crippen molar-refractivity contribution in [2.75, 3.05) is 68.7 Å². The first kappa shape index (κ1) is 106. The minimum absolute atomic E-state index is 0.271. The van der Waals surface area contributed by atoms with Gasteiger partial charge in [0.25, 0.3) is 0 Å². The first-order valence-corrected chi connectivity index (χ1v) is 45.3. The van der Waals surface area contributed by atoms with Crippen molar-refractivity contribution >= 4 is 134 Å². The number of carboxylic acid groups (broad SMARTS) is 3. The van der Waals surface area contributed by atoms with Gasteiger partial charge in [0.05, 0.1) is 37.7 Å². The third-order valence-electron chi connectivity index (χ3n) is 16.0. The van der Waals surface area contributed by atoms with Gasteiger partial charge in [-0.25, -0.2) is 84.2 Å². The van der Waals surface area contributed by atoms with Gasteiger partial charge in [0.15, 0.2) is 80.5 Å². The van der Waals surface area contributed by atoms with Crippen LogP contribution < -0.4 is 15.3 Å². The van der Waals surface area contributed by atoms with Gasteiger partial charge in [-0.3, -0.25) is 41.8 Å². The van der Waals surface area contributed by atoms with E-state index in [1.165, 1.54) is 6.26 Å². The number of carboxylic acids is 3. The van der Waals surface area contributed by atoms with Crippen molar-refractivity contribution in [1.29, 1.82) is 0 Å². The zero-order valence-corrected chi connectivity index (χ0v) is 68.8. The summed E-state index contributed by atoms with van der Waals surface area (Å²) in [7, 11) is -61.5. The summed E-state index contributed by atoms with van der Waals surface area (Å²) in [6.45, 7) is -6.00. The summed E-state index contributed by atoms with van der Waals surface area (Å²) in [6.07, 6.45) is -91.4. The normalized spacial score (nSPS) is 36.1. The molecular weight excluding hydrogens is 1940 g/mol. The number of hydrogen-bond acceptors (Lipinski definition) is 68. The first-order valence-electron chi connectivity index (χ1n) is 30.9. The summed E-state index contributed by atoms with van der Waals surface area (Å²) >= 11 is 0.386. The lowest BCUT2D eigenvalue weighted by molar-refractivity contribution is -0.621. The van der Waals surface area contributed by atoms with Crippen molar-refractivity contribution in [2.45, 2.75) is 184 Å². The molecule has 0 aromatic rings. The predicted octanol–water partition coefficient (Wildman–Crippen LogP) is -18.0. The SMILES string of the molecule is COC1C(OS(=O)(=O)[O-])[C@@H](O[C@H]2C(OC)C(OS(=O)(=O)[O-])[C@@H](O[C@H]3C(COS(=O)(=O)[O-])O[C@@H](O[C@H]4C(C(=O)[O-])O[C@@H](O[C@@H]5C(COS(=O)(=O)[O-])O[C@H](OC)C(OS(=O)(=O)[O-])C5OC)[C@@H](OS(=O)(=O)[O-])C4OC)C(OS(=O)(=O)[O-])[C@H]3OS(=O)(=O)[O-])O[C@H]2C(=O)[O-])OC(COS(=O)(=O)[O-])[C@H]1O[C@@H]1OC(C(=O)[O-])[C@H](OOOOSC)C(OC)[C@@H]1OS(=O)(=O)[O-]. The highest BCUT2D eigenvalue weighted by Crippen LogP contribution is 2.43. The van der Waals surface area contributed by atoms with Crippen LogP contribution in [0.5, 0.6) is 0 Å². The first-order chi connectivity index (χ1) is 55.4. The molecule has 6 rings (SSSR count). The second kappa shape index (κ2) is 42.9. The van der Waals surface area contributed by atoms with Crippen molar-refractivity contribution in [3.63, 3.8) is 0 Å². The van der Waals surface area contributed by atoms with Gasteiger partial charge in [-0.15, -0.1) is 4.33 Å². The number of carbonyl (C=O) groups excluding carboxylic acids is 3. The summed E-state index contributed by atoms with van der Waals surface area (Å²) in [5, 5.41) is 47.7. The molecule has 0 spiro atoms. The highest BCUT2D eigenvalue weighted by Gasteiger charge is 2.63. The summed E-state index contributed by atoms with van der Waals surface area (Å²) in [5.74, 6) is -8.22. The Morgan fingerprint density at radius 2 is 0.479 bits per heavy atom. The maximum absolute atomic E-state index is 13.5. The lowest BCUT2D eigenvalue weighted by atomic mass is 9.94. The molecule has 6 saturated heterocycles. The fourth-order valence-electron chi connectivity index (χ4n) is 12.0. The predicted molar refractivity (Wildman–Crippen MR) is 323 cm³/mol. The van der Waals surface area contributed by atoms with Crippen molar-refractivity contribution < 1.29 is 301 Å². The van der Waals surface area contributed by atoms with Crippen molar-refractivity contribution in [3.8, 4) is 0 Å². The van der Waals surface area contributed by atoms with Gasteiger partial charge < -0.3 is 156 Å². The van der Waals surface area contributed by atoms with E-state index in [0.29, 0.717) is 47.6 Å². The Morgan fingerprint density at radius 1 is 0.264 bits per heavy atom. The van der Waals surface area contributed by atoms with E-state index < -0.39 is 326 Å². The Bertz CT molecular complexity index is 4690. The molecule has 67 nitrogen and oxygen atoms in total. The second-order valence-electron chi connectivity index (χ2n) is 23.4. The number of aliphatic carboxylic acids is 3. The van der Waals surface area contributed by atoms with Crippen molar-refractivity contribution in [2.24, 2.45) is 0 Å². The average Bonchev–Trinajstić information content (AvgIpc) is 0.754. The van der Waals surface area contributed by atoms with Crippen LogP contribution in [0.2, 0.25) is 0 Å². The second-order valence-corrected chi connectivity index (χ2v) is 34.1. The number of methoxy groups -OCH3 is 6. The average molecular weight is 2000 g/mol. The molecule has 30 atom stereocenters. The number of hydrogen-bond donors (Lipinski definition) is 0. The monoisotopic (exact) mass is 2000 g/mol. The third kappa shape index (κ3) is 31.8. The van der Waals surface area contributed by atoms with Gasteiger partial charge in [-0.05, 0) is 10.1 Å². The minimum Gasteiger partial charge on any atom is -0.726 e. The van der Waals surface area contributed by atoms with E-state index in [1.807, 2.05) is 0 Å². The molecule has 0 saturated carbocycles. The summed E-state index contributed by atoms with van der Waals surface area (Å²) < 4.78 is 510. The molecule has 6 aliphatic heterocycles. The largest absolute Gasteiger partial charge is 0.726 e. The summed E-state index contributed by atoms with van der Waals surface area (Å²) in [6, 6.07) is 0. The topological polar surface area (TPSA) is 979 Å². The van der Waals surface area contributed by atoms with E-state index >= 15 is 0 Å². The number of ether oxygens (including phenoxy) is 17. The highest BCUT2D eigenvalue weighted by molar-refractivity contribution is 7.93. The molecule has 0 amide bonds. The van der Waals surface area contributed by atoms with Gasteiger partial charge in [-0.2, -0.15) is 4.89 Å². The van der Waals surface area contributed by atoms with E-state index in [2.05, 4.69) is 56.2 Å². The molecule has 6 fully saturated rings. The Hall–Kier alpha value is -3.38. The van der Waals surface area contributed by atoms with Crippen LogP contribution in [0.4, 0.5) is 0 Å². The van der Waals surface area contributed by atoms with Crippen LogP contribution in [0.25, 0.3) is 0 Å². The van der Waals surface area contributed by atoms with E-state index in [9.17, 15) is 159 Å². The maximum Gasteiger partial charge on any atom is 0.218 e. The zero-order chi connectivity index (χ0) is 91.8. The molecule has 0 aromatic heterocycles. The molecular formula is C43H57O67S11-13. The standard InChI is InChI=1S/C43H70O67S11/c1-80-17-14(11(8-86-112(50,51)52)89-38(85-6)29(17)102-116(62,63)64)92-41-31(104-118(68,69)70)20(83-4)23(27(97-41)36(46)47)96-40-34(107-121(77,78)79)25(101-115(59,60)61)16(13(91-40)10-88-114(56,57)58)94-42-32(105-119(71,72)73)19(82-3)22(26(98-42)35(44)45)95-39-30(103-117(65,66)67)18(81-2)15(12(90-39)9-87-113(53,54)55)93-43-33(106-120(74,75)76)21(84-5)24(28(99-43)37(48)49)100-108-109-110-111-7/h11-34,38-43H,8-10H2,1-7H3,(H,44,45)(H,46,47)(H,48,49)(H,50,51,52)(H,53,54,55)(H,56,57,58)(H,59,60,61)(H,62,63,64)(H,65,66,67)(H,68,69,70)(H,71,72,73)(H,74,75,76)(H,77,78,79)/p-13/t11?,12?,13?,14-,15-,16+,17?,18?,19?,20?,21?,22+,23-,24-,25+,26-,27?,28?,29?,30?,31+,32?,33+,34?,38+,39-,40+,41-,42+,43-/m1/s1. The van der Waals surface area contributed by atoms with Crippen molar-refractivity contribution in [3.05, 3.63) is 0 Å². The molecule has 6 heterocycles. The van der Waals surface area contributed by atoms with E-state index in [4.69, 9.17) is 85.4 Å². The molecule has 121 heavy (non-hydrogen) atoms. The molecule has 14 unspecified atom stereocenters. The Balaban J connectivity index is 1.52. The lowest BCUT2D eigenvalue weighted by Crippen LogP contribution is -2.71. The molecule has 710 valence electrons. The van der Waals surface area contributed by atoms with E-state index in [0.717, 1.165) is 0 Å². The Morgan fingerprint density at radius 3 is 0.727 bits per heavy atom. The summed E-state index contributed by atoms with van der Waals surface area (Å²) in [4.78, 5) is 44.1. The van der Waals surface area contributed by atoms with Gasteiger partial charge in [0.1, 0.15) is 104 Å². The molecule has 0 N–H and O–H groups in total. The zero-order valence-electron chi connectivity index (χ0n) is 59.8. The highest BCUT2D eigenvalue weighted by atomic mass is 32.3. The number of rotatable bonds is 47. The smallest absolute Gasteiger partial charge is 0.218 e. The number of carbonyl (C=O) groups is 3. The van der Waals surface area contributed by atoms with E-state index in [-0.39, 0.29) is 7.11 Å². The molecule has 0 bridgehead atoms. The van der Waals surface area contributed by atoms with Gasteiger partial charge >= 0.3 is 0 Å².